The smallest absolute Gasteiger partial charge is 0.234 e. The zero-order valence-electron chi connectivity index (χ0n) is 14.1. The average Bonchev–Trinajstić information content (AvgIpc) is 2.54. The minimum Gasteiger partial charge on any atom is -0.353 e. The molecule has 25 heavy (non-hydrogen) atoms. The van der Waals surface area contributed by atoms with Crippen molar-refractivity contribution in [3.8, 4) is 6.07 Å². The van der Waals surface area contributed by atoms with E-state index < -0.39 is 0 Å². The summed E-state index contributed by atoms with van der Waals surface area (Å²) in [6.07, 6.45) is 0. The van der Waals surface area contributed by atoms with Crippen LogP contribution >= 0.6 is 27.7 Å². The van der Waals surface area contributed by atoms with Gasteiger partial charge >= 0.3 is 0 Å². The minimum absolute atomic E-state index is 0.0534. The lowest BCUT2D eigenvalue weighted by molar-refractivity contribution is -0.114. The van der Waals surface area contributed by atoms with E-state index in [9.17, 15) is 14.9 Å². The first-order chi connectivity index (χ1) is 11.8. The number of amides is 1. The molecule has 0 aromatic heterocycles. The van der Waals surface area contributed by atoms with Gasteiger partial charge < -0.3 is 10.6 Å². The van der Waals surface area contributed by atoms with E-state index in [0.717, 1.165) is 10.2 Å². The Morgan fingerprint density at radius 1 is 1.36 bits per heavy atom. The van der Waals surface area contributed by atoms with E-state index in [-0.39, 0.29) is 23.4 Å². The summed E-state index contributed by atoms with van der Waals surface area (Å²) in [7, 11) is 0. The summed E-state index contributed by atoms with van der Waals surface area (Å²) in [5.74, 6) is -0.326. The predicted molar refractivity (Wildman–Crippen MR) is 104 cm³/mol. The fraction of sp³-hybridized carbons (Fsp3) is 0.278. The fourth-order valence-corrected chi connectivity index (χ4v) is 3.88. The molecule has 1 aliphatic heterocycles. The standard InChI is InChI=1S/C18H18BrN3O2S/c1-10-15(8-20)18(21-11(2)17(10)12(3)23)25-9-16(24)22-14-6-4-13(19)5-7-14/h4-7,10,21H,9H2,1-3H3,(H,22,24)/t10-/m0/s1. The summed E-state index contributed by atoms with van der Waals surface area (Å²) in [6, 6.07) is 9.47. The number of carbonyl (C=O) groups excluding carboxylic acids is 2. The molecule has 2 rings (SSSR count). The van der Waals surface area contributed by atoms with Gasteiger partial charge in [0.05, 0.1) is 22.4 Å². The second-order valence-electron chi connectivity index (χ2n) is 5.64. The first-order valence-corrected chi connectivity index (χ1v) is 9.42. The van der Waals surface area contributed by atoms with Crippen molar-refractivity contribution in [1.82, 2.24) is 5.32 Å². The fourth-order valence-electron chi connectivity index (χ4n) is 2.67. The number of nitrogens with zero attached hydrogens (tertiary/aromatic N) is 1. The molecule has 5 nitrogen and oxygen atoms in total. The Labute approximate surface area is 159 Å². The second-order valence-corrected chi connectivity index (χ2v) is 7.54. The molecule has 1 heterocycles. The highest BCUT2D eigenvalue weighted by Crippen LogP contribution is 2.33. The highest BCUT2D eigenvalue weighted by molar-refractivity contribution is 9.10. The van der Waals surface area contributed by atoms with Crippen LogP contribution in [0.15, 0.2) is 50.6 Å². The topological polar surface area (TPSA) is 82.0 Å². The molecular weight excluding hydrogens is 402 g/mol. The molecule has 7 heteroatoms. The number of halogens is 1. The maximum absolute atomic E-state index is 12.1. The summed E-state index contributed by atoms with van der Waals surface area (Å²) >= 11 is 4.61. The first kappa shape index (κ1) is 19.3. The molecule has 0 unspecified atom stereocenters. The number of thioether (sulfide) groups is 1. The van der Waals surface area contributed by atoms with Crippen LogP contribution in [0.4, 0.5) is 5.69 Å². The third-order valence-electron chi connectivity index (χ3n) is 3.79. The molecule has 1 atom stereocenters. The van der Waals surface area contributed by atoms with Crippen LogP contribution in [-0.2, 0) is 9.59 Å². The molecular formula is C18H18BrN3O2S. The Bertz CT molecular complexity index is 807. The second kappa shape index (κ2) is 8.37. The summed E-state index contributed by atoms with van der Waals surface area (Å²) in [4.78, 5) is 23.9. The van der Waals surface area contributed by atoms with Crippen molar-refractivity contribution in [2.24, 2.45) is 5.92 Å². The number of rotatable bonds is 5. The van der Waals surface area contributed by atoms with Gasteiger partial charge in [-0.25, -0.2) is 0 Å². The molecule has 0 saturated carbocycles. The number of dihydropyridines is 1. The maximum Gasteiger partial charge on any atom is 0.234 e. The van der Waals surface area contributed by atoms with Crippen molar-refractivity contribution >= 4 is 45.1 Å². The number of anilines is 1. The Balaban J connectivity index is 2.05. The van der Waals surface area contributed by atoms with Crippen LogP contribution in [0.25, 0.3) is 0 Å². The predicted octanol–water partition coefficient (Wildman–Crippen LogP) is 3.96. The van der Waals surface area contributed by atoms with Crippen LogP contribution < -0.4 is 10.6 Å². The van der Waals surface area contributed by atoms with Gasteiger partial charge in [0.2, 0.25) is 5.91 Å². The number of hydrogen-bond donors (Lipinski definition) is 2. The van der Waals surface area contributed by atoms with E-state index in [4.69, 9.17) is 0 Å². The molecule has 0 fully saturated rings. The van der Waals surface area contributed by atoms with E-state index >= 15 is 0 Å². The first-order valence-electron chi connectivity index (χ1n) is 7.64. The molecule has 0 radical (unpaired) electrons. The molecule has 1 aliphatic rings. The van der Waals surface area contributed by atoms with E-state index in [1.54, 1.807) is 12.1 Å². The molecule has 130 valence electrons. The van der Waals surface area contributed by atoms with Gasteiger partial charge in [0.1, 0.15) is 0 Å². The quantitative estimate of drug-likeness (QED) is 0.754. The van der Waals surface area contributed by atoms with Gasteiger partial charge in [-0.3, -0.25) is 9.59 Å². The summed E-state index contributed by atoms with van der Waals surface area (Å²) in [5.41, 5.74) is 2.54. The lowest BCUT2D eigenvalue weighted by atomic mass is 9.88. The van der Waals surface area contributed by atoms with Crippen molar-refractivity contribution < 1.29 is 9.59 Å². The van der Waals surface area contributed by atoms with Gasteiger partial charge in [-0.15, -0.1) is 0 Å². The van der Waals surface area contributed by atoms with Crippen LogP contribution in [0.2, 0.25) is 0 Å². The average molecular weight is 420 g/mol. The molecule has 2 N–H and O–H groups in total. The number of nitriles is 1. The molecule has 0 spiro atoms. The monoisotopic (exact) mass is 419 g/mol. The van der Waals surface area contributed by atoms with E-state index in [2.05, 4.69) is 32.6 Å². The van der Waals surface area contributed by atoms with E-state index in [1.807, 2.05) is 26.0 Å². The number of Topliss-reactive ketones (excluding diaryl/α,β-unsaturated/α-hetero) is 1. The summed E-state index contributed by atoms with van der Waals surface area (Å²) in [6.45, 7) is 5.14. The van der Waals surface area contributed by atoms with Gasteiger partial charge in [0.25, 0.3) is 0 Å². The molecule has 0 bridgehead atoms. The third kappa shape index (κ3) is 4.74. The lowest BCUT2D eigenvalue weighted by Gasteiger charge is -2.26. The molecule has 1 aromatic rings. The largest absolute Gasteiger partial charge is 0.353 e. The summed E-state index contributed by atoms with van der Waals surface area (Å²) < 4.78 is 0.938. The molecule has 1 aromatic carbocycles. The van der Waals surface area contributed by atoms with E-state index in [1.165, 1.54) is 18.7 Å². The van der Waals surface area contributed by atoms with Gasteiger partial charge in [-0.1, -0.05) is 34.6 Å². The number of allylic oxidation sites excluding steroid dienone is 3. The Morgan fingerprint density at radius 3 is 2.56 bits per heavy atom. The molecule has 0 saturated heterocycles. The third-order valence-corrected chi connectivity index (χ3v) is 5.34. The maximum atomic E-state index is 12.1. The summed E-state index contributed by atoms with van der Waals surface area (Å²) in [5, 5.41) is 16.0. The number of carbonyl (C=O) groups is 2. The molecule has 1 amide bonds. The van der Waals surface area contributed by atoms with E-state index in [0.29, 0.717) is 21.9 Å². The molecule has 0 aliphatic carbocycles. The Hall–Kier alpha value is -2.04. The van der Waals surface area contributed by atoms with Crippen molar-refractivity contribution in [1.29, 1.82) is 5.26 Å². The zero-order valence-corrected chi connectivity index (χ0v) is 16.5. The van der Waals surface area contributed by atoms with Crippen molar-refractivity contribution in [2.75, 3.05) is 11.1 Å². The SMILES string of the molecule is CC(=O)C1=C(C)NC(SCC(=O)Nc2ccc(Br)cc2)=C(C#N)[C@@H]1C. The number of ketones is 1. The number of benzene rings is 1. The Kier molecular flexibility index (Phi) is 6.45. The highest BCUT2D eigenvalue weighted by Gasteiger charge is 2.28. The van der Waals surface area contributed by atoms with Crippen LogP contribution in [-0.4, -0.2) is 17.4 Å². The van der Waals surface area contributed by atoms with Crippen molar-refractivity contribution in [2.45, 2.75) is 20.8 Å². The normalized spacial score (nSPS) is 17.0. The van der Waals surface area contributed by atoms with Gasteiger partial charge in [-0.2, -0.15) is 5.26 Å². The lowest BCUT2D eigenvalue weighted by Crippen LogP contribution is -2.27. The van der Waals surface area contributed by atoms with Gasteiger partial charge in [0.15, 0.2) is 5.78 Å². The van der Waals surface area contributed by atoms with Crippen molar-refractivity contribution in [3.05, 3.63) is 50.6 Å². The number of hydrogen-bond acceptors (Lipinski definition) is 5. The van der Waals surface area contributed by atoms with Crippen LogP contribution in [0.3, 0.4) is 0 Å². The van der Waals surface area contributed by atoms with Crippen LogP contribution in [0, 0.1) is 17.2 Å². The van der Waals surface area contributed by atoms with Crippen LogP contribution in [0.1, 0.15) is 20.8 Å². The van der Waals surface area contributed by atoms with Crippen LogP contribution in [0.5, 0.6) is 0 Å². The van der Waals surface area contributed by atoms with Gasteiger partial charge in [0, 0.05) is 27.3 Å². The van der Waals surface area contributed by atoms with Gasteiger partial charge in [-0.05, 0) is 38.1 Å². The zero-order chi connectivity index (χ0) is 18.6. The Morgan fingerprint density at radius 2 is 2.00 bits per heavy atom. The highest BCUT2D eigenvalue weighted by atomic mass is 79.9. The number of nitrogens with one attached hydrogen (secondary N) is 2. The minimum atomic E-state index is -0.277. The van der Waals surface area contributed by atoms with Crippen molar-refractivity contribution in [3.63, 3.8) is 0 Å².